The first kappa shape index (κ1) is 21.3. The molecule has 31 heavy (non-hydrogen) atoms. The minimum atomic E-state index is -4.45. The van der Waals surface area contributed by atoms with Crippen molar-refractivity contribution in [1.29, 1.82) is 0 Å². The number of thiol groups is 1. The van der Waals surface area contributed by atoms with Gasteiger partial charge in [-0.05, 0) is 23.8 Å². The van der Waals surface area contributed by atoms with Crippen LogP contribution >= 0.6 is 12.6 Å². The van der Waals surface area contributed by atoms with Crippen LogP contribution in [-0.4, -0.2) is 27.3 Å². The summed E-state index contributed by atoms with van der Waals surface area (Å²) in [5, 5.41) is 0. The maximum Gasteiger partial charge on any atom is 0.416 e. The molecule has 0 spiro atoms. The molecule has 0 saturated carbocycles. The number of carbonyl (C=O) groups is 1. The van der Waals surface area contributed by atoms with Crippen molar-refractivity contribution in [3.05, 3.63) is 82.6 Å². The van der Waals surface area contributed by atoms with Gasteiger partial charge in [0.1, 0.15) is 17.3 Å². The number of nitrogens with zero attached hydrogens (tertiary/aromatic N) is 4. The van der Waals surface area contributed by atoms with Crippen molar-refractivity contribution in [2.45, 2.75) is 31.3 Å². The Kier molecular flexibility index (Phi) is 5.95. The van der Waals surface area contributed by atoms with Crippen molar-refractivity contribution >= 4 is 24.2 Å². The number of rotatable bonds is 5. The first-order valence-electron chi connectivity index (χ1n) is 9.69. The number of benzene rings is 1. The largest absolute Gasteiger partial charge is 0.416 e. The summed E-state index contributed by atoms with van der Waals surface area (Å²) in [5.74, 6) is 1.48. The summed E-state index contributed by atoms with van der Waals surface area (Å²) in [6, 6.07) is 9.94. The van der Waals surface area contributed by atoms with Crippen LogP contribution in [0.3, 0.4) is 0 Å². The first-order valence-corrected chi connectivity index (χ1v) is 10.3. The zero-order chi connectivity index (χ0) is 22.0. The van der Waals surface area contributed by atoms with E-state index in [2.05, 4.69) is 27.6 Å². The molecule has 0 saturated heterocycles. The third kappa shape index (κ3) is 4.87. The number of aromatic nitrogens is 3. The summed E-state index contributed by atoms with van der Waals surface area (Å²) in [5.41, 5.74) is 1.75. The number of ketones is 1. The third-order valence-electron chi connectivity index (χ3n) is 5.09. The van der Waals surface area contributed by atoms with E-state index in [0.717, 1.165) is 29.8 Å². The lowest BCUT2D eigenvalue weighted by molar-refractivity contribution is -0.137. The van der Waals surface area contributed by atoms with E-state index in [1.807, 2.05) is 11.0 Å². The molecule has 0 amide bonds. The number of pyridine rings is 1. The molecule has 0 atom stereocenters. The van der Waals surface area contributed by atoms with Gasteiger partial charge in [-0.25, -0.2) is 15.0 Å². The van der Waals surface area contributed by atoms with E-state index < -0.39 is 11.7 Å². The topological polar surface area (TPSA) is 59.0 Å². The highest BCUT2D eigenvalue weighted by molar-refractivity contribution is 7.79. The SMILES string of the molecule is O=C(Cc1cccc(C(F)(F)F)c1)c1cccc(N2CCc3nc(CS)ncc3C2)n1. The lowest BCUT2D eigenvalue weighted by Crippen LogP contribution is -2.32. The summed E-state index contributed by atoms with van der Waals surface area (Å²) in [6.45, 7) is 1.26. The van der Waals surface area contributed by atoms with E-state index in [0.29, 0.717) is 36.0 Å². The molecule has 0 N–H and O–H groups in total. The van der Waals surface area contributed by atoms with Gasteiger partial charge in [0.15, 0.2) is 5.78 Å². The summed E-state index contributed by atoms with van der Waals surface area (Å²) >= 11 is 4.21. The van der Waals surface area contributed by atoms with Crippen LogP contribution in [0.4, 0.5) is 19.0 Å². The minimum Gasteiger partial charge on any atom is -0.352 e. The molecular weight excluding hydrogens is 425 g/mol. The third-order valence-corrected chi connectivity index (χ3v) is 5.37. The van der Waals surface area contributed by atoms with E-state index in [9.17, 15) is 18.0 Å². The van der Waals surface area contributed by atoms with Crippen LogP contribution in [0.25, 0.3) is 0 Å². The minimum absolute atomic E-state index is 0.149. The second-order valence-electron chi connectivity index (χ2n) is 7.27. The van der Waals surface area contributed by atoms with E-state index in [1.54, 1.807) is 18.3 Å². The van der Waals surface area contributed by atoms with Gasteiger partial charge in [0.2, 0.25) is 0 Å². The van der Waals surface area contributed by atoms with Gasteiger partial charge >= 0.3 is 6.18 Å². The van der Waals surface area contributed by atoms with Gasteiger partial charge in [0, 0.05) is 37.7 Å². The molecule has 2 aromatic heterocycles. The molecule has 1 aliphatic rings. The highest BCUT2D eigenvalue weighted by atomic mass is 32.1. The van der Waals surface area contributed by atoms with Crippen LogP contribution in [0.2, 0.25) is 0 Å². The molecule has 1 aliphatic heterocycles. The van der Waals surface area contributed by atoms with Crippen molar-refractivity contribution in [2.24, 2.45) is 0 Å². The van der Waals surface area contributed by atoms with Gasteiger partial charge in [-0.1, -0.05) is 24.3 Å². The normalized spacial score (nSPS) is 13.7. The highest BCUT2D eigenvalue weighted by Crippen LogP contribution is 2.30. The molecule has 0 radical (unpaired) electrons. The van der Waals surface area contributed by atoms with Crippen LogP contribution in [0.5, 0.6) is 0 Å². The molecule has 3 heterocycles. The standard InChI is InChI=1S/C22H19F3N4OS/c23-22(24,25)16-4-1-3-14(9-16)10-19(30)18-5-2-6-21(28-18)29-8-7-17-15(12-29)11-26-20(13-31)27-17/h1-6,9,11,31H,7-8,10,12-13H2. The molecule has 4 rings (SSSR count). The Morgan fingerprint density at radius 1 is 1.13 bits per heavy atom. The zero-order valence-electron chi connectivity index (χ0n) is 16.4. The van der Waals surface area contributed by atoms with Gasteiger partial charge in [-0.15, -0.1) is 0 Å². The maximum absolute atomic E-state index is 12.9. The number of hydrogen-bond acceptors (Lipinski definition) is 6. The van der Waals surface area contributed by atoms with Crippen molar-refractivity contribution in [3.63, 3.8) is 0 Å². The zero-order valence-corrected chi connectivity index (χ0v) is 17.3. The molecule has 160 valence electrons. The van der Waals surface area contributed by atoms with E-state index in [4.69, 9.17) is 0 Å². The predicted molar refractivity (Wildman–Crippen MR) is 113 cm³/mol. The molecule has 9 heteroatoms. The van der Waals surface area contributed by atoms with Gasteiger partial charge in [-0.2, -0.15) is 25.8 Å². The Morgan fingerprint density at radius 3 is 2.71 bits per heavy atom. The second kappa shape index (κ2) is 8.66. The number of carbonyl (C=O) groups excluding carboxylic acids is 1. The number of Topliss-reactive ketones (excluding diaryl/α,β-unsaturated/α-hetero) is 1. The van der Waals surface area contributed by atoms with Crippen molar-refractivity contribution in [2.75, 3.05) is 11.4 Å². The smallest absolute Gasteiger partial charge is 0.352 e. The molecule has 0 aliphatic carbocycles. The number of halogens is 3. The first-order chi connectivity index (χ1) is 14.8. The Labute approximate surface area is 182 Å². The van der Waals surface area contributed by atoms with Crippen molar-refractivity contribution < 1.29 is 18.0 Å². The average molecular weight is 444 g/mol. The van der Waals surface area contributed by atoms with Gasteiger partial charge in [0.25, 0.3) is 0 Å². The summed E-state index contributed by atoms with van der Waals surface area (Å²) in [4.78, 5) is 28.0. The quantitative estimate of drug-likeness (QED) is 0.470. The van der Waals surface area contributed by atoms with E-state index >= 15 is 0 Å². The van der Waals surface area contributed by atoms with Crippen LogP contribution in [0.1, 0.15) is 38.7 Å². The molecule has 0 fully saturated rings. The lowest BCUT2D eigenvalue weighted by Gasteiger charge is -2.29. The monoisotopic (exact) mass is 444 g/mol. The summed E-state index contributed by atoms with van der Waals surface area (Å²) in [6.07, 6.45) is -2.08. The van der Waals surface area contributed by atoms with Gasteiger partial charge in [-0.3, -0.25) is 4.79 Å². The summed E-state index contributed by atoms with van der Waals surface area (Å²) < 4.78 is 38.8. The Morgan fingerprint density at radius 2 is 1.94 bits per heavy atom. The van der Waals surface area contributed by atoms with Crippen molar-refractivity contribution in [1.82, 2.24) is 15.0 Å². The summed E-state index contributed by atoms with van der Waals surface area (Å²) in [7, 11) is 0. The molecule has 1 aromatic carbocycles. The van der Waals surface area contributed by atoms with Crippen LogP contribution in [-0.2, 0) is 31.3 Å². The highest BCUT2D eigenvalue weighted by Gasteiger charge is 2.30. The second-order valence-corrected chi connectivity index (χ2v) is 7.58. The lowest BCUT2D eigenvalue weighted by atomic mass is 10.0. The number of anilines is 1. The molecular formula is C22H19F3N4OS. The number of alkyl halides is 3. The Bertz CT molecular complexity index is 1120. The molecule has 0 unspecified atom stereocenters. The van der Waals surface area contributed by atoms with Gasteiger partial charge < -0.3 is 4.90 Å². The molecule has 5 nitrogen and oxygen atoms in total. The molecule has 3 aromatic rings. The fraction of sp³-hybridized carbons (Fsp3) is 0.273. The number of hydrogen-bond donors (Lipinski definition) is 1. The van der Waals surface area contributed by atoms with Crippen LogP contribution in [0.15, 0.2) is 48.7 Å². The van der Waals surface area contributed by atoms with E-state index in [1.165, 1.54) is 12.1 Å². The van der Waals surface area contributed by atoms with Crippen LogP contribution in [0, 0.1) is 0 Å². The Hall–Kier alpha value is -2.94. The molecule has 0 bridgehead atoms. The Balaban J connectivity index is 1.50. The predicted octanol–water partition coefficient (Wildman–Crippen LogP) is 4.31. The average Bonchev–Trinajstić information content (AvgIpc) is 2.78. The fourth-order valence-electron chi connectivity index (χ4n) is 3.52. The number of fused-ring (bicyclic) bond motifs is 1. The maximum atomic E-state index is 12.9. The van der Waals surface area contributed by atoms with Gasteiger partial charge in [0.05, 0.1) is 17.0 Å². The fourth-order valence-corrected chi connectivity index (χ4v) is 3.67. The van der Waals surface area contributed by atoms with Crippen LogP contribution < -0.4 is 4.90 Å². The van der Waals surface area contributed by atoms with E-state index in [-0.39, 0.29) is 17.9 Å². The van der Waals surface area contributed by atoms with Crippen molar-refractivity contribution in [3.8, 4) is 0 Å².